The van der Waals surface area contributed by atoms with E-state index in [1.165, 1.54) is 0 Å². The van der Waals surface area contributed by atoms with E-state index in [4.69, 9.17) is 10.8 Å². The lowest BCUT2D eigenvalue weighted by molar-refractivity contribution is -0.138. The molecule has 78 valence electrons. The van der Waals surface area contributed by atoms with Crippen LogP contribution in [0.3, 0.4) is 0 Å². The number of carboxylic acids is 1. The lowest BCUT2D eigenvalue weighted by Crippen LogP contribution is -2.29. The lowest BCUT2D eigenvalue weighted by Gasteiger charge is -2.05. The van der Waals surface area contributed by atoms with Gasteiger partial charge in [-0.3, -0.25) is 9.48 Å². The van der Waals surface area contributed by atoms with E-state index in [1.807, 2.05) is 16.9 Å². The summed E-state index contributed by atoms with van der Waals surface area (Å²) in [4.78, 5) is 10.4. The van der Waals surface area contributed by atoms with Gasteiger partial charge in [-0.1, -0.05) is 0 Å². The Balaban J connectivity index is 2.08. The summed E-state index contributed by atoms with van der Waals surface area (Å²) in [6, 6.07) is 1.14. The molecule has 1 heterocycles. The fraction of sp³-hybridized carbons (Fsp3) is 0.556. The van der Waals surface area contributed by atoms with E-state index < -0.39 is 12.0 Å². The predicted molar refractivity (Wildman–Crippen MR) is 51.7 cm³/mol. The van der Waals surface area contributed by atoms with Crippen molar-refractivity contribution in [1.29, 1.82) is 0 Å². The highest BCUT2D eigenvalue weighted by Gasteiger charge is 2.09. The number of nitrogens with zero attached hydrogens (tertiary/aromatic N) is 2. The Morgan fingerprint density at radius 2 is 2.36 bits per heavy atom. The third kappa shape index (κ3) is 3.57. The Morgan fingerprint density at radius 3 is 2.93 bits per heavy atom. The minimum Gasteiger partial charge on any atom is -0.480 e. The summed E-state index contributed by atoms with van der Waals surface area (Å²) >= 11 is 0. The van der Waals surface area contributed by atoms with Crippen molar-refractivity contribution in [3.05, 3.63) is 18.5 Å². The average Bonchev–Trinajstić information content (AvgIpc) is 2.64. The van der Waals surface area contributed by atoms with Gasteiger partial charge in [-0.2, -0.15) is 5.10 Å². The number of aliphatic carboxylic acids is 1. The third-order valence-corrected chi connectivity index (χ3v) is 2.03. The molecular weight excluding hydrogens is 182 g/mol. The first-order valence-electron chi connectivity index (χ1n) is 4.66. The van der Waals surface area contributed by atoms with Crippen LogP contribution in [0.2, 0.25) is 0 Å². The van der Waals surface area contributed by atoms with Crippen molar-refractivity contribution in [3.8, 4) is 0 Å². The largest absolute Gasteiger partial charge is 0.480 e. The zero-order valence-corrected chi connectivity index (χ0v) is 7.97. The van der Waals surface area contributed by atoms with Crippen molar-refractivity contribution in [1.82, 2.24) is 9.78 Å². The molecular formula is C9H15N3O2. The Labute approximate surface area is 82.5 Å². The molecule has 0 aliphatic rings. The van der Waals surface area contributed by atoms with Gasteiger partial charge in [-0.25, -0.2) is 0 Å². The summed E-state index contributed by atoms with van der Waals surface area (Å²) in [6.07, 6.45) is 5.85. The molecule has 5 heteroatoms. The molecule has 1 rings (SSSR count). The highest BCUT2D eigenvalue weighted by atomic mass is 16.4. The number of unbranched alkanes of at least 4 members (excludes halogenated alkanes) is 1. The molecule has 0 fully saturated rings. The molecule has 14 heavy (non-hydrogen) atoms. The number of hydrogen-bond acceptors (Lipinski definition) is 3. The Bertz CT molecular complexity index is 272. The van der Waals surface area contributed by atoms with E-state index in [0.29, 0.717) is 6.42 Å². The van der Waals surface area contributed by atoms with E-state index in [9.17, 15) is 4.79 Å². The normalized spacial score (nSPS) is 12.6. The molecule has 5 nitrogen and oxygen atoms in total. The number of rotatable bonds is 6. The third-order valence-electron chi connectivity index (χ3n) is 2.03. The summed E-state index contributed by atoms with van der Waals surface area (Å²) in [5, 5.41) is 12.6. The van der Waals surface area contributed by atoms with Gasteiger partial charge in [-0.05, 0) is 25.3 Å². The predicted octanol–water partition coefficient (Wildman–Crippen LogP) is 0.465. The lowest BCUT2D eigenvalue weighted by atomic mass is 10.1. The minimum absolute atomic E-state index is 0.524. The molecule has 0 aliphatic heterocycles. The van der Waals surface area contributed by atoms with Gasteiger partial charge in [0.1, 0.15) is 6.04 Å². The smallest absolute Gasteiger partial charge is 0.320 e. The molecule has 0 bridgehead atoms. The summed E-state index contributed by atoms with van der Waals surface area (Å²) < 4.78 is 1.83. The number of aromatic nitrogens is 2. The molecule has 0 saturated heterocycles. The number of carboxylic acid groups (broad SMARTS) is 1. The van der Waals surface area contributed by atoms with E-state index in [2.05, 4.69) is 5.10 Å². The van der Waals surface area contributed by atoms with Crippen molar-refractivity contribution >= 4 is 5.97 Å². The highest BCUT2D eigenvalue weighted by Crippen LogP contribution is 2.01. The van der Waals surface area contributed by atoms with Crippen LogP contribution in [0.15, 0.2) is 18.5 Å². The number of hydrogen-bond donors (Lipinski definition) is 2. The van der Waals surface area contributed by atoms with Gasteiger partial charge < -0.3 is 10.8 Å². The molecule has 0 radical (unpaired) electrons. The fourth-order valence-corrected chi connectivity index (χ4v) is 1.19. The molecule has 1 atom stereocenters. The van der Waals surface area contributed by atoms with Crippen LogP contribution in [0, 0.1) is 0 Å². The van der Waals surface area contributed by atoms with E-state index in [0.717, 1.165) is 19.4 Å². The second-order valence-electron chi connectivity index (χ2n) is 3.21. The van der Waals surface area contributed by atoms with E-state index in [-0.39, 0.29) is 0 Å². The summed E-state index contributed by atoms with van der Waals surface area (Å²) in [5.41, 5.74) is 5.35. The Morgan fingerprint density at radius 1 is 1.57 bits per heavy atom. The second-order valence-corrected chi connectivity index (χ2v) is 3.21. The average molecular weight is 197 g/mol. The SMILES string of the molecule is N[C@@H](CCCCn1cccn1)C(=O)O. The molecule has 1 aromatic heterocycles. The van der Waals surface area contributed by atoms with Gasteiger partial charge in [-0.15, -0.1) is 0 Å². The number of aryl methyl sites for hydroxylation is 1. The Kier molecular flexibility index (Phi) is 4.12. The zero-order valence-electron chi connectivity index (χ0n) is 7.97. The first-order valence-corrected chi connectivity index (χ1v) is 4.66. The maximum absolute atomic E-state index is 10.4. The van der Waals surface area contributed by atoms with Gasteiger partial charge >= 0.3 is 5.97 Å². The molecule has 0 amide bonds. The van der Waals surface area contributed by atoms with Crippen LogP contribution in [0.4, 0.5) is 0 Å². The molecule has 3 N–H and O–H groups in total. The van der Waals surface area contributed by atoms with E-state index in [1.54, 1.807) is 6.20 Å². The van der Waals surface area contributed by atoms with Crippen LogP contribution in [-0.4, -0.2) is 26.9 Å². The minimum atomic E-state index is -0.927. The van der Waals surface area contributed by atoms with Crippen molar-refractivity contribution < 1.29 is 9.90 Å². The molecule has 0 saturated carbocycles. The molecule has 0 aliphatic carbocycles. The van der Waals surface area contributed by atoms with Gasteiger partial charge in [0.15, 0.2) is 0 Å². The zero-order chi connectivity index (χ0) is 10.4. The molecule has 0 aromatic carbocycles. The van der Waals surface area contributed by atoms with Crippen LogP contribution >= 0.6 is 0 Å². The first-order chi connectivity index (χ1) is 6.70. The highest BCUT2D eigenvalue weighted by molar-refractivity contribution is 5.72. The summed E-state index contributed by atoms with van der Waals surface area (Å²) in [5.74, 6) is -0.927. The van der Waals surface area contributed by atoms with Crippen LogP contribution in [0.1, 0.15) is 19.3 Å². The quantitative estimate of drug-likeness (QED) is 0.649. The molecule has 1 aromatic rings. The monoisotopic (exact) mass is 197 g/mol. The summed E-state index contributed by atoms with van der Waals surface area (Å²) in [7, 11) is 0. The van der Waals surface area contributed by atoms with Gasteiger partial charge in [0, 0.05) is 18.9 Å². The molecule has 0 unspecified atom stereocenters. The van der Waals surface area contributed by atoms with Crippen molar-refractivity contribution in [3.63, 3.8) is 0 Å². The van der Waals surface area contributed by atoms with Crippen molar-refractivity contribution in [2.75, 3.05) is 0 Å². The maximum Gasteiger partial charge on any atom is 0.320 e. The van der Waals surface area contributed by atoms with Gasteiger partial charge in [0.25, 0.3) is 0 Å². The first kappa shape index (κ1) is 10.7. The number of nitrogens with two attached hydrogens (primary N) is 1. The van der Waals surface area contributed by atoms with Gasteiger partial charge in [0.2, 0.25) is 0 Å². The van der Waals surface area contributed by atoms with Crippen molar-refractivity contribution in [2.24, 2.45) is 5.73 Å². The Hall–Kier alpha value is -1.36. The standard InChI is InChI=1S/C9H15N3O2/c10-8(9(13)14)4-1-2-6-12-7-3-5-11-12/h3,5,7-8H,1-2,4,6,10H2,(H,13,14)/t8-/m0/s1. The topological polar surface area (TPSA) is 81.1 Å². The maximum atomic E-state index is 10.4. The van der Waals surface area contributed by atoms with Crippen LogP contribution in [0.25, 0.3) is 0 Å². The second kappa shape index (κ2) is 5.39. The van der Waals surface area contributed by atoms with Gasteiger partial charge in [0.05, 0.1) is 0 Å². The van der Waals surface area contributed by atoms with Crippen LogP contribution < -0.4 is 5.73 Å². The van der Waals surface area contributed by atoms with Crippen molar-refractivity contribution in [2.45, 2.75) is 31.8 Å². The number of carbonyl (C=O) groups is 1. The van der Waals surface area contributed by atoms with E-state index >= 15 is 0 Å². The van der Waals surface area contributed by atoms with Crippen LogP contribution in [0.5, 0.6) is 0 Å². The van der Waals surface area contributed by atoms with Crippen LogP contribution in [-0.2, 0) is 11.3 Å². The summed E-state index contributed by atoms with van der Waals surface area (Å²) in [6.45, 7) is 0.819. The fourth-order valence-electron chi connectivity index (χ4n) is 1.19. The molecule has 0 spiro atoms.